The van der Waals surface area contributed by atoms with Gasteiger partial charge in [0.1, 0.15) is 11.5 Å². The van der Waals surface area contributed by atoms with Crippen LogP contribution in [0, 0.1) is 13.8 Å². The Balaban J connectivity index is 1.51. The first kappa shape index (κ1) is 17.5. The van der Waals surface area contributed by atoms with Crippen LogP contribution in [-0.2, 0) is 11.3 Å². The molecule has 25 heavy (non-hydrogen) atoms. The smallest absolute Gasteiger partial charge is 0.263 e. The van der Waals surface area contributed by atoms with E-state index in [2.05, 4.69) is 11.0 Å². The molecule has 1 atom stereocenters. The van der Waals surface area contributed by atoms with E-state index in [9.17, 15) is 4.79 Å². The highest BCUT2D eigenvalue weighted by atomic mass is 16.5. The van der Waals surface area contributed by atoms with Crippen molar-refractivity contribution in [2.24, 2.45) is 0 Å². The van der Waals surface area contributed by atoms with Crippen LogP contribution in [0.5, 0.6) is 5.75 Å². The summed E-state index contributed by atoms with van der Waals surface area (Å²) in [7, 11) is 0. The summed E-state index contributed by atoms with van der Waals surface area (Å²) in [6.45, 7) is 9.83. The van der Waals surface area contributed by atoms with Gasteiger partial charge < -0.3 is 14.1 Å². The van der Waals surface area contributed by atoms with E-state index in [1.165, 1.54) is 0 Å². The van der Waals surface area contributed by atoms with Gasteiger partial charge >= 0.3 is 0 Å². The summed E-state index contributed by atoms with van der Waals surface area (Å²) in [6, 6.07) is 9.92. The van der Waals surface area contributed by atoms with Crippen LogP contribution < -0.4 is 4.74 Å². The highest BCUT2D eigenvalue weighted by Gasteiger charge is 2.26. The van der Waals surface area contributed by atoms with E-state index in [1.54, 1.807) is 6.26 Å². The highest BCUT2D eigenvalue weighted by Crippen LogP contribution is 2.18. The van der Waals surface area contributed by atoms with Crippen LogP contribution in [0.25, 0.3) is 0 Å². The Hall–Kier alpha value is -2.27. The third-order valence-corrected chi connectivity index (χ3v) is 4.50. The van der Waals surface area contributed by atoms with E-state index in [4.69, 9.17) is 9.15 Å². The number of hydrogen-bond acceptors (Lipinski definition) is 4. The predicted molar refractivity (Wildman–Crippen MR) is 96.6 cm³/mol. The molecule has 1 amide bonds. The van der Waals surface area contributed by atoms with Crippen LogP contribution in [0.4, 0.5) is 0 Å². The van der Waals surface area contributed by atoms with Crippen LogP contribution in [-0.4, -0.2) is 48.0 Å². The summed E-state index contributed by atoms with van der Waals surface area (Å²) < 4.78 is 11.3. The zero-order chi connectivity index (χ0) is 17.8. The quantitative estimate of drug-likeness (QED) is 0.838. The van der Waals surface area contributed by atoms with Gasteiger partial charge in [0.05, 0.1) is 12.8 Å². The van der Waals surface area contributed by atoms with Gasteiger partial charge in [-0.05, 0) is 56.2 Å². The standard InChI is InChI=1S/C20H26N2O3/c1-15-11-16(2)13-19(12-15)25-17(3)20(23)22-8-6-21(7-9-22)14-18-5-4-10-24-18/h4-5,10-13,17H,6-9,14H2,1-3H3. The van der Waals surface area contributed by atoms with Crippen LogP contribution >= 0.6 is 0 Å². The van der Waals surface area contributed by atoms with Crippen LogP contribution in [0.3, 0.4) is 0 Å². The molecule has 1 fully saturated rings. The molecule has 1 aromatic carbocycles. The van der Waals surface area contributed by atoms with Gasteiger partial charge in [0, 0.05) is 26.2 Å². The number of carbonyl (C=O) groups excluding carboxylic acids is 1. The van der Waals surface area contributed by atoms with Gasteiger partial charge in [0.15, 0.2) is 6.10 Å². The van der Waals surface area contributed by atoms with Crippen molar-refractivity contribution >= 4 is 5.91 Å². The van der Waals surface area contributed by atoms with Crippen LogP contribution in [0.1, 0.15) is 23.8 Å². The molecule has 134 valence electrons. The molecule has 0 saturated carbocycles. The fourth-order valence-corrected chi connectivity index (χ4v) is 3.26. The zero-order valence-electron chi connectivity index (χ0n) is 15.2. The lowest BCUT2D eigenvalue weighted by molar-refractivity contribution is -0.139. The first-order valence-corrected chi connectivity index (χ1v) is 8.80. The number of piperazine rings is 1. The lowest BCUT2D eigenvalue weighted by atomic mass is 10.1. The van der Waals surface area contributed by atoms with E-state index in [-0.39, 0.29) is 5.91 Å². The van der Waals surface area contributed by atoms with Crippen molar-refractivity contribution in [2.75, 3.05) is 26.2 Å². The van der Waals surface area contributed by atoms with Gasteiger partial charge in [0.25, 0.3) is 5.91 Å². The van der Waals surface area contributed by atoms with Gasteiger partial charge in [-0.2, -0.15) is 0 Å². The molecule has 5 nitrogen and oxygen atoms in total. The molecule has 3 rings (SSSR count). The third-order valence-electron chi connectivity index (χ3n) is 4.50. The molecule has 0 bridgehead atoms. The monoisotopic (exact) mass is 342 g/mol. The van der Waals surface area contributed by atoms with Crippen molar-refractivity contribution < 1.29 is 13.9 Å². The Bertz CT molecular complexity index is 683. The predicted octanol–water partition coefficient (Wildman–Crippen LogP) is 3.01. The number of nitrogens with zero attached hydrogens (tertiary/aromatic N) is 2. The van der Waals surface area contributed by atoms with Crippen LogP contribution in [0.2, 0.25) is 0 Å². The summed E-state index contributed by atoms with van der Waals surface area (Å²) in [5, 5.41) is 0. The van der Waals surface area contributed by atoms with Crippen molar-refractivity contribution in [1.82, 2.24) is 9.80 Å². The van der Waals surface area contributed by atoms with E-state index in [0.29, 0.717) is 0 Å². The molecule has 1 unspecified atom stereocenters. The maximum atomic E-state index is 12.7. The van der Waals surface area contributed by atoms with E-state index in [1.807, 2.05) is 49.9 Å². The number of amides is 1. The second kappa shape index (κ2) is 7.74. The van der Waals surface area contributed by atoms with E-state index < -0.39 is 6.10 Å². The Morgan fingerprint density at radius 3 is 2.44 bits per heavy atom. The minimum Gasteiger partial charge on any atom is -0.481 e. The average Bonchev–Trinajstić information content (AvgIpc) is 3.07. The van der Waals surface area contributed by atoms with Gasteiger partial charge in [-0.3, -0.25) is 9.69 Å². The van der Waals surface area contributed by atoms with Gasteiger partial charge in [-0.1, -0.05) is 6.07 Å². The largest absolute Gasteiger partial charge is 0.481 e. The van der Waals surface area contributed by atoms with E-state index >= 15 is 0 Å². The summed E-state index contributed by atoms with van der Waals surface area (Å²) in [5.74, 6) is 1.78. The maximum Gasteiger partial charge on any atom is 0.263 e. The molecule has 0 spiro atoms. The molecule has 0 aliphatic carbocycles. The van der Waals surface area contributed by atoms with E-state index in [0.717, 1.165) is 55.4 Å². The summed E-state index contributed by atoms with van der Waals surface area (Å²) in [4.78, 5) is 16.9. The van der Waals surface area contributed by atoms with Crippen molar-refractivity contribution in [3.8, 4) is 5.75 Å². The van der Waals surface area contributed by atoms with Crippen molar-refractivity contribution in [1.29, 1.82) is 0 Å². The number of benzene rings is 1. The molecule has 2 aromatic rings. The minimum atomic E-state index is -0.474. The lowest BCUT2D eigenvalue weighted by Crippen LogP contribution is -2.51. The third kappa shape index (κ3) is 4.63. The zero-order valence-corrected chi connectivity index (χ0v) is 15.2. The normalized spacial score (nSPS) is 16.7. The maximum absolute atomic E-state index is 12.7. The molecule has 1 aromatic heterocycles. The molecular formula is C20H26N2O3. The molecular weight excluding hydrogens is 316 g/mol. The number of aryl methyl sites for hydroxylation is 2. The number of ether oxygens (including phenoxy) is 1. The minimum absolute atomic E-state index is 0.0526. The van der Waals surface area contributed by atoms with Gasteiger partial charge in [-0.15, -0.1) is 0 Å². The van der Waals surface area contributed by atoms with Gasteiger partial charge in [-0.25, -0.2) is 0 Å². The number of furan rings is 1. The Kier molecular flexibility index (Phi) is 5.43. The molecule has 0 radical (unpaired) electrons. The number of carbonyl (C=O) groups is 1. The number of rotatable bonds is 5. The molecule has 0 N–H and O–H groups in total. The molecule has 2 heterocycles. The van der Waals surface area contributed by atoms with Crippen molar-refractivity contribution in [3.63, 3.8) is 0 Å². The molecule has 5 heteroatoms. The van der Waals surface area contributed by atoms with Crippen LogP contribution in [0.15, 0.2) is 41.0 Å². The fourth-order valence-electron chi connectivity index (χ4n) is 3.26. The Morgan fingerprint density at radius 2 is 1.84 bits per heavy atom. The second-order valence-corrected chi connectivity index (χ2v) is 6.76. The molecule has 1 aliphatic heterocycles. The summed E-state index contributed by atoms with van der Waals surface area (Å²) in [6.07, 6.45) is 1.22. The Morgan fingerprint density at radius 1 is 1.16 bits per heavy atom. The SMILES string of the molecule is Cc1cc(C)cc(OC(C)C(=O)N2CCN(Cc3ccco3)CC2)c1. The first-order valence-electron chi connectivity index (χ1n) is 8.80. The summed E-state index contributed by atoms with van der Waals surface area (Å²) >= 11 is 0. The molecule has 1 saturated heterocycles. The summed E-state index contributed by atoms with van der Waals surface area (Å²) in [5.41, 5.74) is 2.28. The van der Waals surface area contributed by atoms with Gasteiger partial charge in [0.2, 0.25) is 0 Å². The lowest BCUT2D eigenvalue weighted by Gasteiger charge is -2.35. The topological polar surface area (TPSA) is 45.9 Å². The fraction of sp³-hybridized carbons (Fsp3) is 0.450. The highest BCUT2D eigenvalue weighted by molar-refractivity contribution is 5.81. The number of hydrogen-bond donors (Lipinski definition) is 0. The molecule has 1 aliphatic rings. The van der Waals surface area contributed by atoms with Crippen molar-refractivity contribution in [3.05, 3.63) is 53.5 Å². The Labute approximate surface area is 149 Å². The van der Waals surface area contributed by atoms with Crippen molar-refractivity contribution in [2.45, 2.75) is 33.4 Å². The first-order chi connectivity index (χ1) is 12.0. The second-order valence-electron chi connectivity index (χ2n) is 6.76. The average molecular weight is 342 g/mol.